The molecule has 3 aliphatic rings. The van der Waals surface area contributed by atoms with Crippen molar-refractivity contribution in [1.29, 1.82) is 0 Å². The second kappa shape index (κ2) is 7.51. The molecule has 0 atom stereocenters. The van der Waals surface area contributed by atoms with Crippen LogP contribution < -0.4 is 0 Å². The Kier molecular flexibility index (Phi) is 5.12. The molecule has 4 rings (SSSR count). The van der Waals surface area contributed by atoms with Crippen molar-refractivity contribution >= 4 is 11.8 Å². The van der Waals surface area contributed by atoms with Crippen molar-refractivity contribution in [3.05, 3.63) is 35.9 Å². The minimum absolute atomic E-state index is 0.0586. The van der Waals surface area contributed by atoms with Gasteiger partial charge in [-0.3, -0.25) is 19.4 Å². The second-order valence-corrected chi connectivity index (χ2v) is 8.54. The summed E-state index contributed by atoms with van der Waals surface area (Å²) < 4.78 is 0. The van der Waals surface area contributed by atoms with Gasteiger partial charge in [0, 0.05) is 19.5 Å². The summed E-state index contributed by atoms with van der Waals surface area (Å²) in [6.45, 7) is 2.49. The van der Waals surface area contributed by atoms with Crippen LogP contribution in [0.1, 0.15) is 56.9 Å². The lowest BCUT2D eigenvalue weighted by Gasteiger charge is -2.35. The van der Waals surface area contributed by atoms with Crippen molar-refractivity contribution in [3.8, 4) is 0 Å². The van der Waals surface area contributed by atoms with Crippen molar-refractivity contribution in [3.63, 3.8) is 0 Å². The molecule has 0 N–H and O–H groups in total. The van der Waals surface area contributed by atoms with Gasteiger partial charge in [-0.15, -0.1) is 0 Å². The van der Waals surface area contributed by atoms with Gasteiger partial charge in [-0.05, 0) is 43.6 Å². The normalized spacial score (nSPS) is 24.5. The molecule has 0 bridgehead atoms. The van der Waals surface area contributed by atoms with Crippen LogP contribution in [0.25, 0.3) is 0 Å². The van der Waals surface area contributed by atoms with Gasteiger partial charge in [0.1, 0.15) is 0 Å². The van der Waals surface area contributed by atoms with Gasteiger partial charge in [0.25, 0.3) is 0 Å². The Morgan fingerprint density at radius 2 is 1.65 bits per heavy atom. The minimum atomic E-state index is -0.346. The zero-order chi connectivity index (χ0) is 18.0. The largest absolute Gasteiger partial charge is 0.286 e. The highest BCUT2D eigenvalue weighted by molar-refractivity contribution is 6.05. The van der Waals surface area contributed by atoms with Crippen LogP contribution in [0.5, 0.6) is 0 Å². The topological polar surface area (TPSA) is 40.6 Å². The molecule has 1 spiro atoms. The second-order valence-electron chi connectivity index (χ2n) is 8.54. The minimum Gasteiger partial charge on any atom is -0.286 e. The van der Waals surface area contributed by atoms with E-state index in [1.165, 1.54) is 12.0 Å². The number of benzene rings is 1. The SMILES string of the molecule is O=C1CC2(CCCCC2)C(=O)N1CN1CCC(Cc2ccccc2)CC1. The van der Waals surface area contributed by atoms with Crippen LogP contribution in [0, 0.1) is 11.3 Å². The highest BCUT2D eigenvalue weighted by atomic mass is 16.2. The number of hydrogen-bond donors (Lipinski definition) is 0. The van der Waals surface area contributed by atoms with Crippen LogP contribution in [-0.2, 0) is 16.0 Å². The first kappa shape index (κ1) is 17.7. The average molecular weight is 354 g/mol. The summed E-state index contributed by atoms with van der Waals surface area (Å²) in [7, 11) is 0. The highest BCUT2D eigenvalue weighted by Crippen LogP contribution is 2.45. The lowest BCUT2D eigenvalue weighted by atomic mass is 9.73. The van der Waals surface area contributed by atoms with E-state index < -0.39 is 0 Å². The molecule has 1 saturated carbocycles. The number of hydrogen-bond acceptors (Lipinski definition) is 3. The fourth-order valence-electron chi connectivity index (χ4n) is 5.10. The van der Waals surface area contributed by atoms with E-state index in [0.29, 0.717) is 19.0 Å². The molecule has 26 heavy (non-hydrogen) atoms. The van der Waals surface area contributed by atoms with Crippen molar-refractivity contribution in [2.24, 2.45) is 11.3 Å². The van der Waals surface area contributed by atoms with Crippen molar-refractivity contribution < 1.29 is 9.59 Å². The molecule has 2 heterocycles. The van der Waals surface area contributed by atoms with E-state index in [-0.39, 0.29) is 17.2 Å². The lowest BCUT2D eigenvalue weighted by Crippen LogP contribution is -2.46. The number of likely N-dealkylation sites (tertiary alicyclic amines) is 2. The van der Waals surface area contributed by atoms with Gasteiger partial charge in [0.2, 0.25) is 11.8 Å². The van der Waals surface area contributed by atoms with Crippen LogP contribution in [0.15, 0.2) is 30.3 Å². The van der Waals surface area contributed by atoms with Crippen molar-refractivity contribution in [2.45, 2.75) is 57.8 Å². The zero-order valence-corrected chi connectivity index (χ0v) is 15.7. The van der Waals surface area contributed by atoms with Gasteiger partial charge < -0.3 is 0 Å². The Balaban J connectivity index is 1.30. The standard InChI is InChI=1S/C22H30N2O2/c25-20-16-22(11-5-2-6-12-22)21(26)24(20)17-23-13-9-19(10-14-23)15-18-7-3-1-4-8-18/h1,3-4,7-8,19H,2,5-6,9-17H2. The Bertz CT molecular complexity index is 643. The van der Waals surface area contributed by atoms with Crippen LogP contribution in [-0.4, -0.2) is 41.4 Å². The first-order valence-corrected chi connectivity index (χ1v) is 10.3. The molecular weight excluding hydrogens is 324 g/mol. The molecule has 0 radical (unpaired) electrons. The summed E-state index contributed by atoms with van der Waals surface area (Å²) in [5, 5.41) is 0. The van der Waals surface area contributed by atoms with Crippen LogP contribution in [0.2, 0.25) is 0 Å². The first-order valence-electron chi connectivity index (χ1n) is 10.3. The Labute approximate surface area is 156 Å². The Morgan fingerprint density at radius 3 is 2.35 bits per heavy atom. The summed E-state index contributed by atoms with van der Waals surface area (Å²) in [5.74, 6) is 0.889. The van der Waals surface area contributed by atoms with Gasteiger partial charge >= 0.3 is 0 Å². The molecule has 2 saturated heterocycles. The third kappa shape index (κ3) is 3.57. The number of carbonyl (C=O) groups is 2. The summed E-state index contributed by atoms with van der Waals surface area (Å²) in [6.07, 6.45) is 9.11. The molecule has 0 aromatic heterocycles. The Hall–Kier alpha value is -1.68. The summed E-state index contributed by atoms with van der Waals surface area (Å²) in [5.41, 5.74) is 1.07. The molecule has 1 aliphatic carbocycles. The summed E-state index contributed by atoms with van der Waals surface area (Å²) in [4.78, 5) is 29.3. The molecule has 4 heteroatoms. The molecule has 140 valence electrons. The van der Waals surface area contributed by atoms with Crippen LogP contribution >= 0.6 is 0 Å². The van der Waals surface area contributed by atoms with E-state index in [1.807, 2.05) is 0 Å². The summed E-state index contributed by atoms with van der Waals surface area (Å²) >= 11 is 0. The van der Waals surface area contributed by atoms with E-state index in [2.05, 4.69) is 35.2 Å². The number of nitrogens with zero attached hydrogens (tertiary/aromatic N) is 2. The Morgan fingerprint density at radius 1 is 0.962 bits per heavy atom. The van der Waals surface area contributed by atoms with Crippen molar-refractivity contribution in [1.82, 2.24) is 9.80 Å². The van der Waals surface area contributed by atoms with Crippen molar-refractivity contribution in [2.75, 3.05) is 19.8 Å². The lowest BCUT2D eigenvalue weighted by molar-refractivity contribution is -0.145. The predicted octanol–water partition coefficient (Wildman–Crippen LogP) is 3.61. The maximum atomic E-state index is 13.0. The zero-order valence-electron chi connectivity index (χ0n) is 15.7. The number of piperidine rings is 1. The van der Waals surface area contributed by atoms with Gasteiger partial charge in [-0.2, -0.15) is 0 Å². The van der Waals surface area contributed by atoms with E-state index in [9.17, 15) is 9.59 Å². The number of amides is 2. The molecule has 1 aromatic carbocycles. The molecule has 2 amide bonds. The highest BCUT2D eigenvalue weighted by Gasteiger charge is 2.51. The molecule has 0 unspecified atom stereocenters. The maximum Gasteiger partial charge on any atom is 0.237 e. The molecule has 3 fully saturated rings. The molecule has 4 nitrogen and oxygen atoms in total. The quantitative estimate of drug-likeness (QED) is 0.776. The van der Waals surface area contributed by atoms with Gasteiger partial charge in [0.15, 0.2) is 0 Å². The van der Waals surface area contributed by atoms with Gasteiger partial charge in [0.05, 0.1) is 12.1 Å². The molecule has 2 aliphatic heterocycles. The predicted molar refractivity (Wildman–Crippen MR) is 101 cm³/mol. The smallest absolute Gasteiger partial charge is 0.237 e. The summed E-state index contributed by atoms with van der Waals surface area (Å²) in [6, 6.07) is 10.7. The van der Waals surface area contributed by atoms with Gasteiger partial charge in [-0.25, -0.2) is 0 Å². The molecular formula is C22H30N2O2. The number of rotatable bonds is 4. The first-order chi connectivity index (χ1) is 12.7. The van der Waals surface area contributed by atoms with Gasteiger partial charge in [-0.1, -0.05) is 49.6 Å². The third-order valence-corrected chi connectivity index (χ3v) is 6.72. The van der Waals surface area contributed by atoms with E-state index in [1.54, 1.807) is 4.90 Å². The maximum absolute atomic E-state index is 13.0. The van der Waals surface area contributed by atoms with E-state index >= 15 is 0 Å². The monoisotopic (exact) mass is 354 g/mol. The van der Waals surface area contributed by atoms with E-state index in [0.717, 1.165) is 58.0 Å². The number of imide groups is 1. The van der Waals surface area contributed by atoms with Crippen LogP contribution in [0.4, 0.5) is 0 Å². The molecule has 1 aromatic rings. The van der Waals surface area contributed by atoms with E-state index in [4.69, 9.17) is 0 Å². The van der Waals surface area contributed by atoms with Crippen LogP contribution in [0.3, 0.4) is 0 Å². The average Bonchev–Trinajstić information content (AvgIpc) is 2.89. The third-order valence-electron chi connectivity index (χ3n) is 6.72. The fraction of sp³-hybridized carbons (Fsp3) is 0.636. The number of carbonyl (C=O) groups excluding carboxylic acids is 2. The fourth-order valence-corrected chi connectivity index (χ4v) is 5.10.